The summed E-state index contributed by atoms with van der Waals surface area (Å²) < 4.78 is 0. The van der Waals surface area contributed by atoms with Crippen molar-refractivity contribution in [1.29, 1.82) is 0 Å². The van der Waals surface area contributed by atoms with E-state index < -0.39 is 0 Å². The molecule has 1 aromatic carbocycles. The number of pyridine rings is 1. The molecule has 1 aliphatic rings. The van der Waals surface area contributed by atoms with Crippen LogP contribution in [-0.4, -0.2) is 40.6 Å². The normalized spacial score (nSPS) is 17.5. The van der Waals surface area contributed by atoms with Crippen molar-refractivity contribution in [2.24, 2.45) is 0 Å². The van der Waals surface area contributed by atoms with Crippen LogP contribution in [-0.2, 0) is 6.54 Å². The Hall–Kier alpha value is -2.44. The first kappa shape index (κ1) is 17.0. The Morgan fingerprint density at radius 3 is 2.85 bits per heavy atom. The summed E-state index contributed by atoms with van der Waals surface area (Å²) >= 11 is 6.43. The highest BCUT2D eigenvalue weighted by atomic mass is 35.5. The topological polar surface area (TPSA) is 66.0 Å². The third-order valence-electron chi connectivity index (χ3n) is 4.61. The fraction of sp³-hybridized carbons (Fsp3) is 0.316. The van der Waals surface area contributed by atoms with Gasteiger partial charge in [0.25, 0.3) is 0 Å². The zero-order chi connectivity index (χ0) is 17.9. The summed E-state index contributed by atoms with van der Waals surface area (Å²) in [6.07, 6.45) is 7.08. The Morgan fingerprint density at radius 1 is 1.23 bits per heavy atom. The van der Waals surface area contributed by atoms with Gasteiger partial charge in [-0.05, 0) is 30.7 Å². The van der Waals surface area contributed by atoms with Gasteiger partial charge in [-0.25, -0.2) is 0 Å². The molecule has 6 nitrogen and oxygen atoms in total. The van der Waals surface area contributed by atoms with Gasteiger partial charge in [-0.1, -0.05) is 11.6 Å². The maximum atomic E-state index is 6.43. The number of nitrogens with zero attached hydrogens (tertiary/aromatic N) is 4. The van der Waals surface area contributed by atoms with E-state index in [-0.39, 0.29) is 0 Å². The maximum Gasteiger partial charge on any atom is 0.0901 e. The van der Waals surface area contributed by atoms with Crippen LogP contribution in [0.2, 0.25) is 5.02 Å². The maximum absolute atomic E-state index is 6.43. The number of fused-ring (bicyclic) bond motifs is 1. The summed E-state index contributed by atoms with van der Waals surface area (Å²) in [4.78, 5) is 15.3. The lowest BCUT2D eigenvalue weighted by Gasteiger charge is -2.34. The van der Waals surface area contributed by atoms with Crippen LogP contribution in [0.4, 0.5) is 11.4 Å². The van der Waals surface area contributed by atoms with Crippen molar-refractivity contribution in [2.75, 3.05) is 29.9 Å². The Kier molecular flexibility index (Phi) is 4.86. The quantitative estimate of drug-likeness (QED) is 0.737. The number of aromatic nitrogens is 3. The minimum absolute atomic E-state index is 0.471. The van der Waals surface area contributed by atoms with Gasteiger partial charge < -0.3 is 15.5 Å². The lowest BCUT2D eigenvalue weighted by molar-refractivity contribution is 0.485. The van der Waals surface area contributed by atoms with Crippen molar-refractivity contribution in [3.05, 3.63) is 53.6 Å². The van der Waals surface area contributed by atoms with Gasteiger partial charge in [-0.2, -0.15) is 0 Å². The predicted molar refractivity (Wildman–Crippen MR) is 106 cm³/mol. The van der Waals surface area contributed by atoms with Crippen LogP contribution in [0.5, 0.6) is 0 Å². The van der Waals surface area contributed by atoms with E-state index >= 15 is 0 Å². The van der Waals surface area contributed by atoms with E-state index in [4.69, 9.17) is 11.6 Å². The number of benzene rings is 1. The lowest BCUT2D eigenvalue weighted by atomic mass is 10.1. The molecule has 1 atom stereocenters. The van der Waals surface area contributed by atoms with Crippen LogP contribution < -0.4 is 15.5 Å². The molecule has 2 N–H and O–H groups in total. The SMILES string of the molecule is CC1CN(c2ccncc2NCc2cc3nccnc3cc2Cl)CCN1. The van der Waals surface area contributed by atoms with Gasteiger partial charge in [0, 0.05) is 55.8 Å². The molecule has 2 aromatic heterocycles. The van der Waals surface area contributed by atoms with Crippen molar-refractivity contribution >= 4 is 34.0 Å². The molecule has 134 valence electrons. The molecule has 1 fully saturated rings. The fourth-order valence-electron chi connectivity index (χ4n) is 3.30. The highest BCUT2D eigenvalue weighted by Crippen LogP contribution is 2.28. The third kappa shape index (κ3) is 3.57. The molecule has 4 rings (SSSR count). The van der Waals surface area contributed by atoms with Gasteiger partial charge in [0.05, 0.1) is 28.6 Å². The van der Waals surface area contributed by atoms with Crippen molar-refractivity contribution < 1.29 is 0 Å². The van der Waals surface area contributed by atoms with Crippen LogP contribution in [0, 0.1) is 0 Å². The van der Waals surface area contributed by atoms with Gasteiger partial charge in [0.1, 0.15) is 0 Å². The first-order valence-electron chi connectivity index (χ1n) is 8.76. The zero-order valence-electron chi connectivity index (χ0n) is 14.6. The van der Waals surface area contributed by atoms with E-state index in [2.05, 4.69) is 43.5 Å². The van der Waals surface area contributed by atoms with Crippen molar-refractivity contribution in [2.45, 2.75) is 19.5 Å². The average Bonchev–Trinajstić information content (AvgIpc) is 2.66. The summed E-state index contributed by atoms with van der Waals surface area (Å²) in [6.45, 7) is 5.75. The summed E-state index contributed by atoms with van der Waals surface area (Å²) in [7, 11) is 0. The molecule has 1 saturated heterocycles. The number of nitrogens with one attached hydrogen (secondary N) is 2. The van der Waals surface area contributed by atoms with Crippen LogP contribution in [0.25, 0.3) is 11.0 Å². The molecule has 0 aliphatic carbocycles. The third-order valence-corrected chi connectivity index (χ3v) is 4.97. The summed E-state index contributed by atoms with van der Waals surface area (Å²) in [5, 5.41) is 7.65. The largest absolute Gasteiger partial charge is 0.378 e. The molecule has 0 bridgehead atoms. The summed E-state index contributed by atoms with van der Waals surface area (Å²) in [5.74, 6) is 0. The van der Waals surface area contributed by atoms with Crippen LogP contribution >= 0.6 is 11.6 Å². The van der Waals surface area contributed by atoms with Crippen molar-refractivity contribution in [3.63, 3.8) is 0 Å². The number of piperazine rings is 1. The minimum Gasteiger partial charge on any atom is -0.378 e. The Bertz CT molecular complexity index is 915. The van der Waals surface area contributed by atoms with E-state index in [0.717, 1.165) is 41.9 Å². The fourth-order valence-corrected chi connectivity index (χ4v) is 3.53. The summed E-state index contributed by atoms with van der Waals surface area (Å²) in [6, 6.07) is 6.38. The summed E-state index contributed by atoms with van der Waals surface area (Å²) in [5.41, 5.74) is 4.82. The van der Waals surface area contributed by atoms with Gasteiger partial charge in [-0.3, -0.25) is 15.0 Å². The van der Waals surface area contributed by atoms with E-state index in [9.17, 15) is 0 Å². The highest BCUT2D eigenvalue weighted by Gasteiger charge is 2.18. The Morgan fingerprint density at radius 2 is 2.04 bits per heavy atom. The standard InChI is InChI=1S/C19H21ClN6/c1-13-12-26(7-6-22-13)19-2-3-21-11-18(19)25-10-14-8-16-17(9-15(14)20)24-5-4-23-16/h2-5,8-9,11,13,22,25H,6-7,10,12H2,1H3. The molecule has 0 spiro atoms. The first-order valence-corrected chi connectivity index (χ1v) is 9.14. The second kappa shape index (κ2) is 7.43. The molecule has 3 aromatic rings. The molecule has 7 heteroatoms. The second-order valence-corrected chi connectivity index (χ2v) is 6.94. The lowest BCUT2D eigenvalue weighted by Crippen LogP contribution is -2.49. The van der Waals surface area contributed by atoms with E-state index in [1.165, 1.54) is 5.69 Å². The number of anilines is 2. The number of hydrogen-bond donors (Lipinski definition) is 2. The molecular formula is C19H21ClN6. The van der Waals surface area contributed by atoms with Gasteiger partial charge in [-0.15, -0.1) is 0 Å². The Balaban J connectivity index is 1.56. The smallest absolute Gasteiger partial charge is 0.0901 e. The Labute approximate surface area is 157 Å². The van der Waals surface area contributed by atoms with E-state index in [1.54, 1.807) is 12.4 Å². The molecule has 0 radical (unpaired) electrons. The van der Waals surface area contributed by atoms with Gasteiger partial charge in [0.2, 0.25) is 0 Å². The van der Waals surface area contributed by atoms with Crippen molar-refractivity contribution in [1.82, 2.24) is 20.3 Å². The van der Waals surface area contributed by atoms with Gasteiger partial charge in [0.15, 0.2) is 0 Å². The molecular weight excluding hydrogens is 348 g/mol. The monoisotopic (exact) mass is 368 g/mol. The van der Waals surface area contributed by atoms with Gasteiger partial charge >= 0.3 is 0 Å². The predicted octanol–water partition coefficient (Wildman–Crippen LogP) is 3.09. The number of halogens is 1. The number of hydrogen-bond acceptors (Lipinski definition) is 6. The molecule has 26 heavy (non-hydrogen) atoms. The molecule has 1 aliphatic heterocycles. The first-order chi connectivity index (χ1) is 12.7. The zero-order valence-corrected chi connectivity index (χ0v) is 15.4. The van der Waals surface area contributed by atoms with Crippen LogP contribution in [0.1, 0.15) is 12.5 Å². The second-order valence-electron chi connectivity index (χ2n) is 6.54. The molecule has 0 saturated carbocycles. The van der Waals surface area contributed by atoms with E-state index in [0.29, 0.717) is 17.6 Å². The highest BCUT2D eigenvalue weighted by molar-refractivity contribution is 6.32. The average molecular weight is 369 g/mol. The number of rotatable bonds is 4. The van der Waals surface area contributed by atoms with Crippen LogP contribution in [0.15, 0.2) is 43.0 Å². The van der Waals surface area contributed by atoms with Crippen LogP contribution in [0.3, 0.4) is 0 Å². The molecule has 3 heterocycles. The molecule has 0 amide bonds. The molecule has 1 unspecified atom stereocenters. The van der Waals surface area contributed by atoms with E-state index in [1.807, 2.05) is 24.5 Å². The van der Waals surface area contributed by atoms with Crippen molar-refractivity contribution in [3.8, 4) is 0 Å². The minimum atomic E-state index is 0.471.